The van der Waals surface area contributed by atoms with E-state index in [-0.39, 0.29) is 17.7 Å². The Labute approximate surface area is 135 Å². The molecule has 2 aliphatic heterocycles. The quantitative estimate of drug-likeness (QED) is 0.801. The van der Waals surface area contributed by atoms with Gasteiger partial charge in [0.05, 0.1) is 5.57 Å². The van der Waals surface area contributed by atoms with E-state index < -0.39 is 0 Å². The minimum Gasteiger partial charge on any atom is -0.366 e. The lowest BCUT2D eigenvalue weighted by molar-refractivity contribution is -0.138. The molecule has 0 N–H and O–H groups in total. The molecule has 2 aliphatic rings. The van der Waals surface area contributed by atoms with Gasteiger partial charge >= 0.3 is 0 Å². The molecule has 2 amide bonds. The number of likely N-dealkylation sites (tertiary alicyclic amines) is 1. The summed E-state index contributed by atoms with van der Waals surface area (Å²) in [7, 11) is 0. The number of piperidine rings is 1. The molecule has 1 saturated heterocycles. The van der Waals surface area contributed by atoms with Gasteiger partial charge in [-0.25, -0.2) is 0 Å². The van der Waals surface area contributed by atoms with Crippen molar-refractivity contribution in [3.8, 4) is 0 Å². The van der Waals surface area contributed by atoms with Crippen molar-refractivity contribution >= 4 is 28.7 Å². The van der Waals surface area contributed by atoms with Crippen LogP contribution in [-0.4, -0.2) is 41.2 Å². The van der Waals surface area contributed by atoms with Gasteiger partial charge in [-0.15, -0.1) is 11.3 Å². The minimum absolute atomic E-state index is 0.107. The molecule has 4 nitrogen and oxygen atoms in total. The molecular formula is C17H22N2O2S. The van der Waals surface area contributed by atoms with Crippen molar-refractivity contribution < 1.29 is 9.59 Å². The van der Waals surface area contributed by atoms with E-state index in [0.717, 1.165) is 30.8 Å². The second-order valence-electron chi connectivity index (χ2n) is 6.36. The van der Waals surface area contributed by atoms with Crippen molar-refractivity contribution in [2.24, 2.45) is 5.92 Å². The van der Waals surface area contributed by atoms with Crippen LogP contribution in [0.3, 0.4) is 0 Å². The molecule has 118 valence electrons. The van der Waals surface area contributed by atoms with Gasteiger partial charge in [-0.1, -0.05) is 19.9 Å². The summed E-state index contributed by atoms with van der Waals surface area (Å²) >= 11 is 1.53. The molecule has 1 aromatic rings. The van der Waals surface area contributed by atoms with Gasteiger partial charge < -0.3 is 4.90 Å². The van der Waals surface area contributed by atoms with E-state index >= 15 is 0 Å². The molecule has 0 spiro atoms. The molecule has 22 heavy (non-hydrogen) atoms. The number of amides is 2. The number of imide groups is 1. The van der Waals surface area contributed by atoms with E-state index in [1.807, 2.05) is 31.4 Å². The van der Waals surface area contributed by atoms with Gasteiger partial charge in [-0.2, -0.15) is 0 Å². The van der Waals surface area contributed by atoms with E-state index in [2.05, 4.69) is 4.90 Å². The van der Waals surface area contributed by atoms with Crippen LogP contribution in [0.2, 0.25) is 0 Å². The van der Waals surface area contributed by atoms with Crippen LogP contribution in [0.25, 0.3) is 5.57 Å². The first kappa shape index (κ1) is 15.3. The maximum atomic E-state index is 12.9. The molecule has 1 aromatic heterocycles. The maximum Gasteiger partial charge on any atom is 0.277 e. The Bertz CT molecular complexity index is 598. The highest BCUT2D eigenvalue weighted by atomic mass is 32.1. The van der Waals surface area contributed by atoms with Crippen LogP contribution in [0.15, 0.2) is 23.2 Å². The molecule has 0 unspecified atom stereocenters. The second-order valence-corrected chi connectivity index (χ2v) is 7.31. The fourth-order valence-corrected chi connectivity index (χ4v) is 3.91. The SMILES string of the molecule is CC(C)CN1C(=O)C(c2cccs2)=C(N2CCCCC2)C1=O. The Morgan fingerprint density at radius 2 is 1.86 bits per heavy atom. The summed E-state index contributed by atoms with van der Waals surface area (Å²) in [6.45, 7) is 6.30. The predicted molar refractivity (Wildman–Crippen MR) is 88.2 cm³/mol. The van der Waals surface area contributed by atoms with Crippen LogP contribution in [0, 0.1) is 5.92 Å². The first-order chi connectivity index (χ1) is 10.6. The smallest absolute Gasteiger partial charge is 0.277 e. The summed E-state index contributed by atoms with van der Waals surface area (Å²) < 4.78 is 0. The average molecular weight is 318 g/mol. The van der Waals surface area contributed by atoms with Gasteiger partial charge in [0.2, 0.25) is 0 Å². The molecule has 0 atom stereocenters. The number of hydrogen-bond donors (Lipinski definition) is 0. The zero-order valence-electron chi connectivity index (χ0n) is 13.2. The van der Waals surface area contributed by atoms with E-state index in [1.54, 1.807) is 0 Å². The average Bonchev–Trinajstić information content (AvgIpc) is 3.10. The minimum atomic E-state index is -0.123. The lowest BCUT2D eigenvalue weighted by Gasteiger charge is -2.29. The lowest BCUT2D eigenvalue weighted by atomic mass is 10.1. The maximum absolute atomic E-state index is 12.9. The number of carbonyl (C=O) groups excluding carboxylic acids is 2. The van der Waals surface area contributed by atoms with Crippen LogP contribution in [-0.2, 0) is 9.59 Å². The third kappa shape index (κ3) is 2.70. The Morgan fingerprint density at radius 1 is 1.14 bits per heavy atom. The zero-order chi connectivity index (χ0) is 15.7. The molecule has 0 aliphatic carbocycles. The lowest BCUT2D eigenvalue weighted by Crippen LogP contribution is -2.38. The molecule has 0 bridgehead atoms. The predicted octanol–water partition coefficient (Wildman–Crippen LogP) is 2.97. The fourth-order valence-electron chi connectivity index (χ4n) is 3.15. The Hall–Kier alpha value is -1.62. The summed E-state index contributed by atoms with van der Waals surface area (Å²) in [5.41, 5.74) is 1.25. The number of hydrogen-bond acceptors (Lipinski definition) is 4. The van der Waals surface area contributed by atoms with Crippen LogP contribution in [0.4, 0.5) is 0 Å². The Morgan fingerprint density at radius 3 is 2.45 bits per heavy atom. The molecule has 0 aromatic carbocycles. The van der Waals surface area contributed by atoms with Gasteiger partial charge in [-0.05, 0) is 36.6 Å². The van der Waals surface area contributed by atoms with E-state index in [9.17, 15) is 9.59 Å². The third-order valence-corrected chi connectivity index (χ3v) is 5.02. The second kappa shape index (κ2) is 6.24. The van der Waals surface area contributed by atoms with Gasteiger partial charge in [0.1, 0.15) is 5.70 Å². The monoisotopic (exact) mass is 318 g/mol. The summed E-state index contributed by atoms with van der Waals surface area (Å²) in [6, 6.07) is 3.87. The number of nitrogens with zero attached hydrogens (tertiary/aromatic N) is 2. The van der Waals surface area contributed by atoms with Crippen molar-refractivity contribution in [2.45, 2.75) is 33.1 Å². The molecule has 1 fully saturated rings. The summed E-state index contributed by atoms with van der Waals surface area (Å²) in [5.74, 6) is 0.0453. The normalized spacial score (nSPS) is 19.8. The highest BCUT2D eigenvalue weighted by molar-refractivity contribution is 7.11. The zero-order valence-corrected chi connectivity index (χ0v) is 14.0. The molecule has 5 heteroatoms. The van der Waals surface area contributed by atoms with Gasteiger partial charge in [0, 0.05) is 24.5 Å². The summed E-state index contributed by atoms with van der Waals surface area (Å²) in [5, 5.41) is 1.96. The van der Waals surface area contributed by atoms with Gasteiger partial charge in [-0.3, -0.25) is 14.5 Å². The Balaban J connectivity index is 2.01. The molecule has 3 heterocycles. The van der Waals surface area contributed by atoms with Gasteiger partial charge in [0.25, 0.3) is 11.8 Å². The van der Waals surface area contributed by atoms with Crippen molar-refractivity contribution in [3.63, 3.8) is 0 Å². The van der Waals surface area contributed by atoms with E-state index in [1.165, 1.54) is 22.7 Å². The summed E-state index contributed by atoms with van der Waals surface area (Å²) in [6.07, 6.45) is 3.38. The van der Waals surface area contributed by atoms with Crippen molar-refractivity contribution in [2.75, 3.05) is 19.6 Å². The highest BCUT2D eigenvalue weighted by Gasteiger charge is 2.42. The van der Waals surface area contributed by atoms with Crippen molar-refractivity contribution in [1.29, 1.82) is 0 Å². The number of rotatable bonds is 4. The van der Waals surface area contributed by atoms with Crippen molar-refractivity contribution in [1.82, 2.24) is 9.80 Å². The number of carbonyl (C=O) groups is 2. The molecule has 3 rings (SSSR count). The number of thiophene rings is 1. The van der Waals surface area contributed by atoms with Crippen LogP contribution in [0.1, 0.15) is 38.0 Å². The van der Waals surface area contributed by atoms with E-state index in [0.29, 0.717) is 17.8 Å². The molecule has 0 saturated carbocycles. The van der Waals surface area contributed by atoms with E-state index in [4.69, 9.17) is 0 Å². The first-order valence-electron chi connectivity index (χ1n) is 7.99. The summed E-state index contributed by atoms with van der Waals surface area (Å²) in [4.78, 5) is 30.2. The third-order valence-electron chi connectivity index (χ3n) is 4.13. The van der Waals surface area contributed by atoms with Crippen LogP contribution in [0.5, 0.6) is 0 Å². The van der Waals surface area contributed by atoms with Crippen LogP contribution >= 0.6 is 11.3 Å². The highest BCUT2D eigenvalue weighted by Crippen LogP contribution is 2.35. The standard InChI is InChI=1S/C17H22N2O2S/c1-12(2)11-19-16(20)14(13-7-6-10-22-13)15(17(19)21)18-8-4-3-5-9-18/h6-7,10,12H,3-5,8-9,11H2,1-2H3. The largest absolute Gasteiger partial charge is 0.366 e. The van der Waals surface area contributed by atoms with Crippen molar-refractivity contribution in [3.05, 3.63) is 28.1 Å². The molecular weight excluding hydrogens is 296 g/mol. The first-order valence-corrected chi connectivity index (χ1v) is 8.87. The fraction of sp³-hybridized carbons (Fsp3) is 0.529. The topological polar surface area (TPSA) is 40.6 Å². The van der Waals surface area contributed by atoms with Crippen LogP contribution < -0.4 is 0 Å². The Kier molecular flexibility index (Phi) is 4.34. The molecule has 0 radical (unpaired) electrons. The van der Waals surface area contributed by atoms with Gasteiger partial charge in [0.15, 0.2) is 0 Å².